The second-order valence-corrected chi connectivity index (χ2v) is 10.7. The van der Waals surface area contributed by atoms with Crippen LogP contribution in [0.25, 0.3) is 0 Å². The van der Waals surface area contributed by atoms with Crippen LogP contribution < -0.4 is 5.32 Å². The minimum Gasteiger partial charge on any atom is -0.444 e. The number of nitrogens with one attached hydrogen (secondary N) is 2. The van der Waals surface area contributed by atoms with Crippen LogP contribution in [0.4, 0.5) is 4.79 Å². The van der Waals surface area contributed by atoms with Gasteiger partial charge in [0, 0.05) is 5.56 Å². The van der Waals surface area contributed by atoms with Gasteiger partial charge in [0.05, 0.1) is 18.9 Å². The monoisotopic (exact) mass is 440 g/mol. The highest BCUT2D eigenvalue weighted by atomic mass is 32.2. The van der Waals surface area contributed by atoms with Crippen molar-refractivity contribution in [2.45, 2.75) is 40.4 Å². The first-order valence-electron chi connectivity index (χ1n) is 8.05. The summed E-state index contributed by atoms with van der Waals surface area (Å²) in [7, 11) is -3.89. The summed E-state index contributed by atoms with van der Waals surface area (Å²) in [5, 5.41) is 10.4. The van der Waals surface area contributed by atoms with Gasteiger partial charge in [-0.25, -0.2) is 13.2 Å². The zero-order valence-corrected chi connectivity index (χ0v) is 18.2. The van der Waals surface area contributed by atoms with E-state index >= 15 is 0 Å². The summed E-state index contributed by atoms with van der Waals surface area (Å²) in [6.45, 7) is 5.10. The van der Waals surface area contributed by atoms with E-state index in [4.69, 9.17) is 10.1 Å². The zero-order valence-electron chi connectivity index (χ0n) is 15.7. The molecule has 0 atom stereocenters. The van der Waals surface area contributed by atoms with Crippen LogP contribution in [0.2, 0.25) is 0 Å². The second kappa shape index (κ2) is 8.46. The van der Waals surface area contributed by atoms with Gasteiger partial charge in [-0.2, -0.15) is 0 Å². The zero-order chi connectivity index (χ0) is 21.1. The molecule has 0 unspecified atom stereocenters. The lowest BCUT2D eigenvalue weighted by molar-refractivity contribution is 0.0563. The van der Waals surface area contributed by atoms with Crippen molar-refractivity contribution in [1.29, 1.82) is 5.41 Å². The summed E-state index contributed by atoms with van der Waals surface area (Å²) in [6, 6.07) is 7.07. The molecule has 1 heterocycles. The summed E-state index contributed by atoms with van der Waals surface area (Å²) in [5.74, 6) is -0.252. The van der Waals surface area contributed by atoms with Crippen LogP contribution in [0.1, 0.15) is 36.0 Å². The first-order chi connectivity index (χ1) is 13.0. The predicted molar refractivity (Wildman–Crippen MR) is 110 cm³/mol. The largest absolute Gasteiger partial charge is 0.444 e. The first kappa shape index (κ1) is 22.1. The molecular formula is C18H20N2O5S3. The topological polar surface area (TPSA) is 113 Å². The Labute approximate surface area is 171 Å². The van der Waals surface area contributed by atoms with Gasteiger partial charge in [0.25, 0.3) is 0 Å². The van der Waals surface area contributed by atoms with E-state index in [1.807, 2.05) is 0 Å². The van der Waals surface area contributed by atoms with E-state index < -0.39 is 21.5 Å². The van der Waals surface area contributed by atoms with Crippen LogP contribution in [-0.2, 0) is 14.6 Å². The Morgan fingerprint density at radius 2 is 1.96 bits per heavy atom. The van der Waals surface area contributed by atoms with Gasteiger partial charge in [-0.3, -0.25) is 15.5 Å². The normalized spacial score (nSPS) is 11.7. The van der Waals surface area contributed by atoms with Crippen LogP contribution in [0.15, 0.2) is 44.3 Å². The van der Waals surface area contributed by atoms with E-state index in [1.54, 1.807) is 27.0 Å². The molecule has 2 N–H and O–H groups in total. The average molecular weight is 441 g/mol. The maximum Gasteiger partial charge on any atom is 0.413 e. The lowest BCUT2D eigenvalue weighted by Gasteiger charge is -2.19. The molecule has 0 spiro atoms. The molecule has 0 fully saturated rings. The van der Waals surface area contributed by atoms with Gasteiger partial charge in [-0.1, -0.05) is 12.1 Å². The number of alkyl carbamates (subject to hydrolysis) is 1. The van der Waals surface area contributed by atoms with E-state index in [-0.39, 0.29) is 26.1 Å². The number of benzene rings is 1. The van der Waals surface area contributed by atoms with Gasteiger partial charge in [-0.15, -0.1) is 23.1 Å². The van der Waals surface area contributed by atoms with Gasteiger partial charge in [-0.05, 0) is 45.2 Å². The fourth-order valence-electron chi connectivity index (χ4n) is 2.16. The van der Waals surface area contributed by atoms with Crippen LogP contribution in [-0.4, -0.2) is 38.5 Å². The summed E-state index contributed by atoms with van der Waals surface area (Å²) >= 11 is 2.30. The Balaban J connectivity index is 2.37. The molecule has 1 amide bonds. The van der Waals surface area contributed by atoms with Crippen molar-refractivity contribution < 1.29 is 22.7 Å². The SMILES string of the molecule is CSc1sc(C(=N)NC(=O)OC(C)(C)C)cc1S(=O)(=O)c1cccc(C=O)c1. The number of amides is 1. The highest BCUT2D eigenvalue weighted by Gasteiger charge is 2.26. The molecule has 2 rings (SSSR count). The van der Waals surface area contributed by atoms with Crippen LogP contribution >= 0.6 is 23.1 Å². The number of sulfone groups is 1. The highest BCUT2D eigenvalue weighted by Crippen LogP contribution is 2.37. The molecule has 10 heteroatoms. The third-order valence-electron chi connectivity index (χ3n) is 3.32. The van der Waals surface area contributed by atoms with Crippen LogP contribution in [0.5, 0.6) is 0 Å². The first-order valence-corrected chi connectivity index (χ1v) is 11.6. The van der Waals surface area contributed by atoms with Crippen molar-refractivity contribution in [3.8, 4) is 0 Å². The maximum atomic E-state index is 13.0. The number of amidine groups is 1. The Morgan fingerprint density at radius 3 is 2.54 bits per heavy atom. The molecule has 0 aliphatic carbocycles. The number of ether oxygens (including phenoxy) is 1. The van der Waals surface area contributed by atoms with Crippen molar-refractivity contribution in [3.63, 3.8) is 0 Å². The van der Waals surface area contributed by atoms with E-state index in [0.717, 1.165) is 11.3 Å². The average Bonchev–Trinajstić information content (AvgIpc) is 3.05. The summed E-state index contributed by atoms with van der Waals surface area (Å²) < 4.78 is 31.6. The standard InChI is InChI=1S/C18H20N2O5S3/c1-18(2,3)25-17(22)20-15(19)13-9-14(16(26-4)27-13)28(23,24)12-7-5-6-11(8-12)10-21/h5-10H,1-4H3,(H2,19,20,22). The van der Waals surface area contributed by atoms with E-state index in [9.17, 15) is 18.0 Å². The Bertz CT molecular complexity index is 1020. The van der Waals surface area contributed by atoms with Gasteiger partial charge in [0.1, 0.15) is 17.7 Å². The fraction of sp³-hybridized carbons (Fsp3) is 0.278. The molecule has 0 aliphatic heterocycles. The van der Waals surface area contributed by atoms with Gasteiger partial charge in [0.2, 0.25) is 9.84 Å². The number of hydrogen-bond donors (Lipinski definition) is 2. The number of aldehydes is 1. The minimum atomic E-state index is -3.89. The lowest BCUT2D eigenvalue weighted by atomic mass is 10.2. The van der Waals surface area contributed by atoms with Crippen molar-refractivity contribution >= 4 is 51.2 Å². The van der Waals surface area contributed by atoms with Crippen LogP contribution in [0, 0.1) is 5.41 Å². The van der Waals surface area contributed by atoms with E-state index in [1.165, 1.54) is 42.1 Å². The molecule has 0 aliphatic rings. The van der Waals surface area contributed by atoms with Crippen molar-refractivity contribution in [3.05, 3.63) is 40.8 Å². The number of hydrogen-bond acceptors (Lipinski definition) is 8. The minimum absolute atomic E-state index is 0.0108. The third kappa shape index (κ3) is 5.21. The Morgan fingerprint density at radius 1 is 1.29 bits per heavy atom. The van der Waals surface area contributed by atoms with Gasteiger partial charge < -0.3 is 4.74 Å². The molecule has 0 radical (unpaired) electrons. The molecule has 28 heavy (non-hydrogen) atoms. The molecule has 7 nitrogen and oxygen atoms in total. The Kier molecular flexibility index (Phi) is 6.68. The van der Waals surface area contributed by atoms with E-state index in [2.05, 4.69) is 5.32 Å². The molecular weight excluding hydrogens is 420 g/mol. The van der Waals surface area contributed by atoms with Crippen molar-refractivity contribution in [1.82, 2.24) is 5.32 Å². The van der Waals surface area contributed by atoms with Crippen molar-refractivity contribution in [2.75, 3.05) is 6.26 Å². The summed E-state index contributed by atoms with van der Waals surface area (Å²) in [5.41, 5.74) is -0.468. The third-order valence-corrected chi connectivity index (χ3v) is 7.64. The van der Waals surface area contributed by atoms with Gasteiger partial charge in [0.15, 0.2) is 0 Å². The number of thiophene rings is 1. The number of thioether (sulfide) groups is 1. The molecule has 0 saturated carbocycles. The molecule has 2 aromatic rings. The maximum absolute atomic E-state index is 13.0. The predicted octanol–water partition coefficient (Wildman–Crippen LogP) is 3.97. The van der Waals surface area contributed by atoms with Crippen molar-refractivity contribution in [2.24, 2.45) is 0 Å². The van der Waals surface area contributed by atoms with Gasteiger partial charge >= 0.3 is 6.09 Å². The van der Waals surface area contributed by atoms with E-state index in [0.29, 0.717) is 10.5 Å². The summed E-state index contributed by atoms with van der Waals surface area (Å²) in [4.78, 5) is 23.1. The lowest BCUT2D eigenvalue weighted by Crippen LogP contribution is -2.36. The number of carbonyl (C=O) groups is 2. The second-order valence-electron chi connectivity index (χ2n) is 6.66. The number of rotatable bonds is 5. The smallest absolute Gasteiger partial charge is 0.413 e. The molecule has 150 valence electrons. The Hall–Kier alpha value is -2.17. The molecule has 0 saturated heterocycles. The highest BCUT2D eigenvalue weighted by molar-refractivity contribution is 8.01. The molecule has 0 bridgehead atoms. The van der Waals surface area contributed by atoms with Crippen LogP contribution in [0.3, 0.4) is 0 Å². The quantitative estimate of drug-likeness (QED) is 0.315. The number of carbonyl (C=O) groups excluding carboxylic acids is 2. The summed E-state index contributed by atoms with van der Waals surface area (Å²) in [6.07, 6.45) is 1.51. The fourth-order valence-corrected chi connectivity index (χ4v) is 6.11. The molecule has 1 aromatic carbocycles. The molecule has 1 aromatic heterocycles.